The number of fused-ring (bicyclic) bond motifs is 1. The number of imidazole rings is 1. The molecule has 6 nitrogen and oxygen atoms in total. The van der Waals surface area contributed by atoms with Crippen LogP contribution in [-0.4, -0.2) is 31.2 Å². The Balaban J connectivity index is 1.48. The fourth-order valence-corrected chi connectivity index (χ4v) is 2.56. The van der Waals surface area contributed by atoms with E-state index in [4.69, 9.17) is 4.42 Å². The van der Waals surface area contributed by atoms with Gasteiger partial charge < -0.3 is 8.98 Å². The lowest BCUT2D eigenvalue weighted by atomic mass is 10.2. The third-order valence-corrected chi connectivity index (χ3v) is 3.67. The lowest BCUT2D eigenvalue weighted by molar-refractivity contribution is 0.191. The molecule has 1 aromatic carbocycles. The maximum atomic E-state index is 5.75. The van der Waals surface area contributed by atoms with Crippen molar-refractivity contribution in [3.63, 3.8) is 0 Å². The molecule has 0 aliphatic carbocycles. The standard InChI is InChI=1S/C15H15N5O/c1-2-4-12(5-3-1)15-18-17-14(21-15)11-19-8-9-20-7-6-16-13(20)10-19/h1-7H,8-11H2. The SMILES string of the molecule is c1ccc(-c2nnc(CN3CCn4ccnc4C3)o2)cc1. The maximum Gasteiger partial charge on any atom is 0.247 e. The van der Waals surface area contributed by atoms with Crippen LogP contribution < -0.4 is 0 Å². The Bertz CT molecular complexity index is 733. The van der Waals surface area contributed by atoms with E-state index >= 15 is 0 Å². The van der Waals surface area contributed by atoms with E-state index < -0.39 is 0 Å². The zero-order valence-electron chi connectivity index (χ0n) is 11.5. The second-order valence-electron chi connectivity index (χ2n) is 5.11. The first-order chi connectivity index (χ1) is 10.4. The second-order valence-corrected chi connectivity index (χ2v) is 5.11. The van der Waals surface area contributed by atoms with E-state index in [1.807, 2.05) is 42.7 Å². The van der Waals surface area contributed by atoms with Crippen molar-refractivity contribution in [3.05, 3.63) is 54.4 Å². The molecule has 0 fully saturated rings. The van der Waals surface area contributed by atoms with Gasteiger partial charge in [0.05, 0.1) is 13.1 Å². The first kappa shape index (κ1) is 12.3. The van der Waals surface area contributed by atoms with Gasteiger partial charge in [0.25, 0.3) is 0 Å². The lowest BCUT2D eigenvalue weighted by Gasteiger charge is -2.25. The van der Waals surface area contributed by atoms with E-state index in [-0.39, 0.29) is 0 Å². The molecule has 0 atom stereocenters. The molecule has 0 N–H and O–H groups in total. The summed E-state index contributed by atoms with van der Waals surface area (Å²) >= 11 is 0. The van der Waals surface area contributed by atoms with Gasteiger partial charge in [-0.05, 0) is 12.1 Å². The quantitative estimate of drug-likeness (QED) is 0.734. The number of hydrogen-bond acceptors (Lipinski definition) is 5. The first-order valence-corrected chi connectivity index (χ1v) is 6.99. The maximum absolute atomic E-state index is 5.75. The smallest absolute Gasteiger partial charge is 0.247 e. The monoisotopic (exact) mass is 281 g/mol. The van der Waals surface area contributed by atoms with E-state index in [1.54, 1.807) is 0 Å². The summed E-state index contributed by atoms with van der Waals surface area (Å²) < 4.78 is 7.93. The second kappa shape index (κ2) is 5.14. The van der Waals surface area contributed by atoms with Gasteiger partial charge in [-0.2, -0.15) is 0 Å². The number of nitrogens with zero attached hydrogens (tertiary/aromatic N) is 5. The van der Waals surface area contributed by atoms with Crippen LogP contribution in [-0.2, 0) is 19.6 Å². The summed E-state index contributed by atoms with van der Waals surface area (Å²) in [6, 6.07) is 9.83. The van der Waals surface area contributed by atoms with Crippen molar-refractivity contribution in [3.8, 4) is 11.5 Å². The molecule has 0 unspecified atom stereocenters. The van der Waals surface area contributed by atoms with Gasteiger partial charge in [0, 0.05) is 31.0 Å². The van der Waals surface area contributed by atoms with Crippen LogP contribution in [0.3, 0.4) is 0 Å². The molecular weight excluding hydrogens is 266 g/mol. The molecule has 3 aromatic rings. The van der Waals surface area contributed by atoms with E-state index in [0.717, 1.165) is 31.0 Å². The zero-order chi connectivity index (χ0) is 14.1. The van der Waals surface area contributed by atoms with Crippen LogP contribution in [0.5, 0.6) is 0 Å². The third kappa shape index (κ3) is 2.45. The molecule has 0 spiro atoms. The molecule has 0 radical (unpaired) electrons. The van der Waals surface area contributed by atoms with Crippen LogP contribution in [0.25, 0.3) is 11.5 Å². The molecule has 1 aliphatic heterocycles. The minimum Gasteiger partial charge on any atom is -0.419 e. The minimum absolute atomic E-state index is 0.573. The Hall–Kier alpha value is -2.47. The molecule has 0 bridgehead atoms. The third-order valence-electron chi connectivity index (χ3n) is 3.67. The van der Waals surface area contributed by atoms with Crippen molar-refractivity contribution in [1.82, 2.24) is 24.6 Å². The molecule has 0 saturated carbocycles. The fourth-order valence-electron chi connectivity index (χ4n) is 2.56. The summed E-state index contributed by atoms with van der Waals surface area (Å²) in [5.74, 6) is 2.31. The Morgan fingerprint density at radius 3 is 2.90 bits per heavy atom. The predicted octanol–water partition coefficient (Wildman–Crippen LogP) is 1.95. The lowest BCUT2D eigenvalue weighted by Crippen LogP contribution is -2.33. The van der Waals surface area contributed by atoms with Crippen molar-refractivity contribution in [2.24, 2.45) is 0 Å². The molecule has 3 heterocycles. The van der Waals surface area contributed by atoms with Gasteiger partial charge in [-0.25, -0.2) is 4.98 Å². The van der Waals surface area contributed by atoms with Gasteiger partial charge in [0.1, 0.15) is 5.82 Å². The molecule has 1 aliphatic rings. The highest BCUT2D eigenvalue weighted by atomic mass is 16.4. The minimum atomic E-state index is 0.573. The Morgan fingerprint density at radius 2 is 2.00 bits per heavy atom. The average Bonchev–Trinajstić information content (AvgIpc) is 3.17. The zero-order valence-corrected chi connectivity index (χ0v) is 11.5. The molecule has 0 saturated heterocycles. The Kier molecular flexibility index (Phi) is 3.01. The number of hydrogen-bond donors (Lipinski definition) is 0. The number of rotatable bonds is 3. The normalized spacial score (nSPS) is 15.0. The van der Waals surface area contributed by atoms with E-state index in [9.17, 15) is 0 Å². The summed E-state index contributed by atoms with van der Waals surface area (Å²) in [6.45, 7) is 3.39. The fraction of sp³-hybridized carbons (Fsp3) is 0.267. The largest absolute Gasteiger partial charge is 0.419 e. The van der Waals surface area contributed by atoms with Gasteiger partial charge in [-0.1, -0.05) is 18.2 Å². The molecule has 0 amide bonds. The van der Waals surface area contributed by atoms with Gasteiger partial charge in [0.2, 0.25) is 11.8 Å². The summed E-state index contributed by atoms with van der Waals surface area (Å²) in [5, 5.41) is 8.27. The molecule has 6 heteroatoms. The molecule has 4 rings (SSSR count). The van der Waals surface area contributed by atoms with Crippen LogP contribution in [0.1, 0.15) is 11.7 Å². The number of aromatic nitrogens is 4. The first-order valence-electron chi connectivity index (χ1n) is 6.99. The van der Waals surface area contributed by atoms with Gasteiger partial charge >= 0.3 is 0 Å². The topological polar surface area (TPSA) is 60.0 Å². The highest BCUT2D eigenvalue weighted by molar-refractivity contribution is 5.51. The van der Waals surface area contributed by atoms with Crippen molar-refractivity contribution in [2.75, 3.05) is 6.54 Å². The van der Waals surface area contributed by atoms with Crippen LogP contribution >= 0.6 is 0 Å². The highest BCUT2D eigenvalue weighted by Crippen LogP contribution is 2.19. The van der Waals surface area contributed by atoms with Gasteiger partial charge in [0.15, 0.2) is 0 Å². The molecule has 2 aromatic heterocycles. The van der Waals surface area contributed by atoms with E-state index in [1.165, 1.54) is 0 Å². The molecular formula is C15H15N5O. The summed E-state index contributed by atoms with van der Waals surface area (Å²) in [6.07, 6.45) is 3.87. The van der Waals surface area contributed by atoms with Crippen molar-refractivity contribution in [2.45, 2.75) is 19.6 Å². The van der Waals surface area contributed by atoms with Crippen molar-refractivity contribution < 1.29 is 4.42 Å². The van der Waals surface area contributed by atoms with Gasteiger partial charge in [-0.15, -0.1) is 10.2 Å². The predicted molar refractivity (Wildman–Crippen MR) is 76.1 cm³/mol. The summed E-state index contributed by atoms with van der Waals surface area (Å²) in [4.78, 5) is 6.62. The van der Waals surface area contributed by atoms with E-state index in [2.05, 4.69) is 24.6 Å². The van der Waals surface area contributed by atoms with Crippen molar-refractivity contribution >= 4 is 0 Å². The van der Waals surface area contributed by atoms with Crippen molar-refractivity contribution in [1.29, 1.82) is 0 Å². The summed E-state index contributed by atoms with van der Waals surface area (Å²) in [5.41, 5.74) is 0.949. The average molecular weight is 281 g/mol. The Morgan fingerprint density at radius 1 is 1.10 bits per heavy atom. The van der Waals surface area contributed by atoms with Gasteiger partial charge in [-0.3, -0.25) is 4.90 Å². The molecule has 106 valence electrons. The molecule has 21 heavy (non-hydrogen) atoms. The number of benzene rings is 1. The highest BCUT2D eigenvalue weighted by Gasteiger charge is 2.19. The summed E-state index contributed by atoms with van der Waals surface area (Å²) in [7, 11) is 0. The van der Waals surface area contributed by atoms with Crippen LogP contribution in [0.2, 0.25) is 0 Å². The van der Waals surface area contributed by atoms with Crippen LogP contribution in [0.4, 0.5) is 0 Å². The van der Waals surface area contributed by atoms with Crippen LogP contribution in [0, 0.1) is 0 Å². The van der Waals surface area contributed by atoms with Crippen LogP contribution in [0.15, 0.2) is 47.1 Å². The Labute approximate surface area is 122 Å². The van der Waals surface area contributed by atoms with E-state index in [0.29, 0.717) is 18.3 Å².